The Balaban J connectivity index is 1.52. The van der Waals surface area contributed by atoms with Gasteiger partial charge in [0.1, 0.15) is 6.61 Å². The van der Waals surface area contributed by atoms with E-state index in [9.17, 15) is 4.79 Å². The quantitative estimate of drug-likeness (QED) is 0.693. The summed E-state index contributed by atoms with van der Waals surface area (Å²) in [6.45, 7) is 5.81. The second-order valence-corrected chi connectivity index (χ2v) is 9.05. The van der Waals surface area contributed by atoms with E-state index in [0.717, 1.165) is 44.7 Å². The Kier molecular flexibility index (Phi) is 5.90. The van der Waals surface area contributed by atoms with Gasteiger partial charge in [0, 0.05) is 31.3 Å². The Bertz CT molecular complexity index is 923. The van der Waals surface area contributed by atoms with Gasteiger partial charge in [0.25, 0.3) is 5.91 Å². The fourth-order valence-electron chi connectivity index (χ4n) is 4.67. The molecule has 0 aliphatic carbocycles. The van der Waals surface area contributed by atoms with E-state index < -0.39 is 0 Å². The monoisotopic (exact) mass is 432 g/mol. The molecule has 2 aromatic rings. The molecule has 0 bridgehead atoms. The molecule has 0 atom stereocenters. The number of benzene rings is 2. The van der Waals surface area contributed by atoms with Crippen LogP contribution in [0.25, 0.3) is 0 Å². The van der Waals surface area contributed by atoms with Crippen molar-refractivity contribution in [3.63, 3.8) is 0 Å². The number of likely N-dealkylation sites (tertiary alicyclic amines) is 1. The SMILES string of the molecule is COCC(=O)N1CC2(CCN(Cc3ccc(Cl)c(Cl)c3)CC2)c2cc(C)ccc21. The minimum absolute atomic E-state index is 0.0267. The summed E-state index contributed by atoms with van der Waals surface area (Å²) in [7, 11) is 1.57. The van der Waals surface area contributed by atoms with Crippen LogP contribution in [0.2, 0.25) is 10.0 Å². The summed E-state index contributed by atoms with van der Waals surface area (Å²) in [5.41, 5.74) is 4.81. The number of carbonyl (C=O) groups is 1. The number of hydrogen-bond donors (Lipinski definition) is 0. The molecule has 0 saturated carbocycles. The maximum Gasteiger partial charge on any atom is 0.252 e. The first-order valence-corrected chi connectivity index (χ1v) is 10.7. The summed E-state index contributed by atoms with van der Waals surface area (Å²) in [5, 5.41) is 1.19. The molecule has 29 heavy (non-hydrogen) atoms. The van der Waals surface area contributed by atoms with Crippen molar-refractivity contribution in [2.24, 2.45) is 0 Å². The molecule has 154 valence electrons. The molecule has 0 N–H and O–H groups in total. The van der Waals surface area contributed by atoms with Crippen molar-refractivity contribution in [3.8, 4) is 0 Å². The van der Waals surface area contributed by atoms with E-state index in [1.54, 1.807) is 7.11 Å². The smallest absolute Gasteiger partial charge is 0.252 e. The molecule has 1 amide bonds. The summed E-state index contributed by atoms with van der Waals surface area (Å²) < 4.78 is 5.11. The van der Waals surface area contributed by atoms with Crippen molar-refractivity contribution in [2.45, 2.75) is 31.7 Å². The van der Waals surface area contributed by atoms with E-state index >= 15 is 0 Å². The van der Waals surface area contributed by atoms with Gasteiger partial charge in [-0.3, -0.25) is 9.69 Å². The van der Waals surface area contributed by atoms with Gasteiger partial charge in [-0.15, -0.1) is 0 Å². The van der Waals surface area contributed by atoms with Crippen LogP contribution in [0.3, 0.4) is 0 Å². The number of hydrogen-bond acceptors (Lipinski definition) is 3. The summed E-state index contributed by atoms with van der Waals surface area (Å²) in [4.78, 5) is 17.0. The molecule has 6 heteroatoms. The highest BCUT2D eigenvalue weighted by molar-refractivity contribution is 6.42. The normalized spacial score (nSPS) is 18.3. The van der Waals surface area contributed by atoms with Crippen LogP contribution in [-0.4, -0.2) is 44.2 Å². The molecule has 2 aromatic carbocycles. The molecule has 1 saturated heterocycles. The highest BCUT2D eigenvalue weighted by Gasteiger charge is 2.46. The second kappa shape index (κ2) is 8.27. The first-order chi connectivity index (χ1) is 13.9. The third-order valence-electron chi connectivity index (χ3n) is 6.25. The van der Waals surface area contributed by atoms with Gasteiger partial charge in [-0.05, 0) is 62.2 Å². The molecule has 2 heterocycles. The van der Waals surface area contributed by atoms with E-state index in [-0.39, 0.29) is 17.9 Å². The third kappa shape index (κ3) is 4.04. The van der Waals surface area contributed by atoms with Crippen LogP contribution in [0.15, 0.2) is 36.4 Å². The Labute approximate surface area is 182 Å². The number of methoxy groups -OCH3 is 1. The van der Waals surface area contributed by atoms with Gasteiger partial charge < -0.3 is 9.64 Å². The van der Waals surface area contributed by atoms with Gasteiger partial charge in [-0.1, -0.05) is 47.0 Å². The zero-order valence-electron chi connectivity index (χ0n) is 16.9. The molecule has 0 unspecified atom stereocenters. The van der Waals surface area contributed by atoms with Crippen LogP contribution in [0.1, 0.15) is 29.5 Å². The van der Waals surface area contributed by atoms with Crippen molar-refractivity contribution in [1.82, 2.24) is 4.90 Å². The van der Waals surface area contributed by atoms with Gasteiger partial charge >= 0.3 is 0 Å². The molecular weight excluding hydrogens is 407 g/mol. The number of aryl methyl sites for hydroxylation is 1. The predicted molar refractivity (Wildman–Crippen MR) is 118 cm³/mol. The van der Waals surface area contributed by atoms with Crippen molar-refractivity contribution in [3.05, 3.63) is 63.1 Å². The first-order valence-electron chi connectivity index (χ1n) is 9.98. The maximum atomic E-state index is 12.7. The number of piperidine rings is 1. The van der Waals surface area contributed by atoms with E-state index in [1.807, 2.05) is 23.1 Å². The number of anilines is 1. The van der Waals surface area contributed by atoms with Gasteiger partial charge in [-0.25, -0.2) is 0 Å². The van der Waals surface area contributed by atoms with Gasteiger partial charge in [0.15, 0.2) is 0 Å². The number of ether oxygens (including phenoxy) is 1. The molecule has 1 spiro atoms. The number of halogens is 2. The van der Waals surface area contributed by atoms with Crippen LogP contribution in [0, 0.1) is 6.92 Å². The average Bonchev–Trinajstić information content (AvgIpc) is 3.01. The van der Waals surface area contributed by atoms with Gasteiger partial charge in [-0.2, -0.15) is 0 Å². The predicted octanol–water partition coefficient (Wildman–Crippen LogP) is 4.83. The lowest BCUT2D eigenvalue weighted by molar-refractivity contribution is -0.122. The topological polar surface area (TPSA) is 32.8 Å². The molecule has 2 aliphatic rings. The maximum absolute atomic E-state index is 12.7. The minimum atomic E-state index is 0.0267. The Morgan fingerprint density at radius 1 is 1.10 bits per heavy atom. The van der Waals surface area contributed by atoms with Crippen molar-refractivity contribution >= 4 is 34.8 Å². The third-order valence-corrected chi connectivity index (χ3v) is 6.99. The zero-order valence-corrected chi connectivity index (χ0v) is 18.4. The Morgan fingerprint density at radius 2 is 1.86 bits per heavy atom. The number of carbonyl (C=O) groups excluding carboxylic acids is 1. The summed E-state index contributed by atoms with van der Waals surface area (Å²) in [6, 6.07) is 12.3. The lowest BCUT2D eigenvalue weighted by Gasteiger charge is -2.40. The summed E-state index contributed by atoms with van der Waals surface area (Å²) in [6.07, 6.45) is 2.06. The fourth-order valence-corrected chi connectivity index (χ4v) is 4.99. The number of fused-ring (bicyclic) bond motifs is 2. The van der Waals surface area contributed by atoms with E-state index in [2.05, 4.69) is 30.0 Å². The summed E-state index contributed by atoms with van der Waals surface area (Å²) in [5.74, 6) is 0.0349. The van der Waals surface area contributed by atoms with Crippen molar-refractivity contribution in [1.29, 1.82) is 0 Å². The molecule has 2 aliphatic heterocycles. The van der Waals surface area contributed by atoms with Crippen molar-refractivity contribution < 1.29 is 9.53 Å². The second-order valence-electron chi connectivity index (χ2n) is 8.24. The molecule has 0 radical (unpaired) electrons. The summed E-state index contributed by atoms with van der Waals surface area (Å²) >= 11 is 12.2. The van der Waals surface area contributed by atoms with Crippen LogP contribution in [0.5, 0.6) is 0 Å². The van der Waals surface area contributed by atoms with Crippen LogP contribution in [-0.2, 0) is 21.5 Å². The van der Waals surface area contributed by atoms with E-state index in [0.29, 0.717) is 10.0 Å². The highest BCUT2D eigenvalue weighted by Crippen LogP contribution is 2.47. The van der Waals surface area contributed by atoms with Crippen LogP contribution in [0.4, 0.5) is 5.69 Å². The number of rotatable bonds is 4. The molecular formula is C23H26Cl2N2O2. The standard InChI is InChI=1S/C23H26Cl2N2O2/c1-16-3-6-21-18(11-16)23(15-27(21)22(28)14-29-2)7-9-26(10-8-23)13-17-4-5-19(24)20(25)12-17/h3-6,11-12H,7-10,13-15H2,1-2H3. The molecule has 0 aromatic heterocycles. The highest BCUT2D eigenvalue weighted by atomic mass is 35.5. The minimum Gasteiger partial charge on any atom is -0.375 e. The fraction of sp³-hybridized carbons (Fsp3) is 0.435. The van der Waals surface area contributed by atoms with E-state index in [4.69, 9.17) is 27.9 Å². The molecule has 4 rings (SSSR count). The van der Waals surface area contributed by atoms with Gasteiger partial charge in [0.2, 0.25) is 0 Å². The largest absolute Gasteiger partial charge is 0.375 e. The molecule has 4 nitrogen and oxygen atoms in total. The van der Waals surface area contributed by atoms with Crippen molar-refractivity contribution in [2.75, 3.05) is 38.3 Å². The van der Waals surface area contributed by atoms with E-state index in [1.165, 1.54) is 16.7 Å². The Morgan fingerprint density at radius 3 is 2.55 bits per heavy atom. The Hall–Kier alpha value is -1.59. The van der Waals surface area contributed by atoms with Crippen LogP contribution >= 0.6 is 23.2 Å². The lowest BCUT2D eigenvalue weighted by Crippen LogP contribution is -2.46. The number of nitrogens with zero attached hydrogens (tertiary/aromatic N) is 2. The lowest BCUT2D eigenvalue weighted by atomic mass is 9.74. The zero-order chi connectivity index (χ0) is 20.6. The molecule has 1 fully saturated rings. The first kappa shape index (κ1) is 20.7. The number of amides is 1. The average molecular weight is 433 g/mol. The van der Waals surface area contributed by atoms with Gasteiger partial charge in [0.05, 0.1) is 10.0 Å². The van der Waals surface area contributed by atoms with Crippen LogP contribution < -0.4 is 4.90 Å².